The second-order valence-corrected chi connectivity index (χ2v) is 5.82. The van der Waals surface area contributed by atoms with E-state index in [-0.39, 0.29) is 0 Å². The molecule has 0 spiro atoms. The number of benzene rings is 2. The lowest BCUT2D eigenvalue weighted by Crippen LogP contribution is -2.03. The Morgan fingerprint density at radius 1 is 0.864 bits per heavy atom. The minimum Gasteiger partial charge on any atom is -0.382 e. The molecule has 0 aliphatic rings. The number of rotatable bonds is 2. The van der Waals surface area contributed by atoms with Crippen LogP contribution in [0.4, 0.5) is 5.82 Å². The van der Waals surface area contributed by atoms with Crippen molar-refractivity contribution in [1.29, 1.82) is 0 Å². The maximum atomic E-state index is 6.30. The van der Waals surface area contributed by atoms with Gasteiger partial charge in [0.15, 0.2) is 5.82 Å². The highest BCUT2D eigenvalue weighted by Crippen LogP contribution is 2.28. The van der Waals surface area contributed by atoms with Crippen molar-refractivity contribution in [3.63, 3.8) is 0 Å². The quantitative estimate of drug-likeness (QED) is 0.782. The third-order valence-electron chi connectivity index (χ3n) is 4.08. The molecule has 0 amide bonds. The van der Waals surface area contributed by atoms with Crippen molar-refractivity contribution in [2.75, 3.05) is 5.73 Å². The highest BCUT2D eigenvalue weighted by Gasteiger charge is 2.15. The zero-order valence-electron chi connectivity index (χ0n) is 13.4. The van der Waals surface area contributed by atoms with Gasteiger partial charge < -0.3 is 5.73 Å². The SMILES string of the molecule is Cc1ccc(-c2nnn(-c3ccc(C)c(C)c3)c2N)c(C)c1. The molecule has 4 heteroatoms. The minimum absolute atomic E-state index is 0.565. The standard InChI is InChI=1S/C18H20N4/c1-11-5-8-16(14(4)9-11)17-18(19)22(21-20-17)15-7-6-12(2)13(3)10-15/h5-10H,19H2,1-4H3. The summed E-state index contributed by atoms with van der Waals surface area (Å²) in [6, 6.07) is 12.4. The molecule has 0 radical (unpaired) electrons. The van der Waals surface area contributed by atoms with E-state index in [0.717, 1.165) is 22.5 Å². The fourth-order valence-corrected chi connectivity index (χ4v) is 2.61. The summed E-state index contributed by atoms with van der Waals surface area (Å²) < 4.78 is 1.70. The van der Waals surface area contributed by atoms with Crippen molar-refractivity contribution in [2.24, 2.45) is 0 Å². The van der Waals surface area contributed by atoms with Crippen LogP contribution in [-0.4, -0.2) is 15.0 Å². The molecular formula is C18H20N4. The molecule has 0 saturated heterocycles. The first kappa shape index (κ1) is 14.3. The topological polar surface area (TPSA) is 56.7 Å². The van der Waals surface area contributed by atoms with E-state index in [1.165, 1.54) is 16.7 Å². The van der Waals surface area contributed by atoms with Crippen LogP contribution in [-0.2, 0) is 0 Å². The number of aromatic nitrogens is 3. The highest BCUT2D eigenvalue weighted by atomic mass is 15.5. The maximum absolute atomic E-state index is 6.30. The van der Waals surface area contributed by atoms with Crippen LogP contribution in [0.15, 0.2) is 36.4 Å². The minimum atomic E-state index is 0.565. The molecule has 112 valence electrons. The molecule has 0 unspecified atom stereocenters. The Morgan fingerprint density at radius 2 is 1.64 bits per heavy atom. The van der Waals surface area contributed by atoms with Crippen LogP contribution < -0.4 is 5.73 Å². The van der Waals surface area contributed by atoms with Crippen molar-refractivity contribution < 1.29 is 0 Å². The third kappa shape index (κ3) is 2.37. The molecule has 2 aromatic carbocycles. The summed E-state index contributed by atoms with van der Waals surface area (Å²) in [4.78, 5) is 0. The van der Waals surface area contributed by atoms with Crippen LogP contribution in [0.2, 0.25) is 0 Å². The van der Waals surface area contributed by atoms with E-state index in [9.17, 15) is 0 Å². The molecule has 1 heterocycles. The molecule has 2 N–H and O–H groups in total. The number of aryl methyl sites for hydroxylation is 4. The fraction of sp³-hybridized carbons (Fsp3) is 0.222. The summed E-state index contributed by atoms with van der Waals surface area (Å²) in [7, 11) is 0. The number of nitrogen functional groups attached to an aromatic ring is 1. The van der Waals surface area contributed by atoms with Crippen LogP contribution >= 0.6 is 0 Å². The van der Waals surface area contributed by atoms with Crippen LogP contribution in [0.1, 0.15) is 22.3 Å². The van der Waals surface area contributed by atoms with Gasteiger partial charge in [0.1, 0.15) is 5.69 Å². The zero-order chi connectivity index (χ0) is 15.9. The van der Waals surface area contributed by atoms with Crippen molar-refractivity contribution in [3.8, 4) is 16.9 Å². The Bertz CT molecular complexity index is 846. The number of nitrogens with two attached hydrogens (primary N) is 1. The first-order chi connectivity index (χ1) is 10.5. The summed E-state index contributed by atoms with van der Waals surface area (Å²) in [5.74, 6) is 0.565. The Balaban J connectivity index is 2.10. The molecule has 3 aromatic rings. The number of hydrogen-bond donors (Lipinski definition) is 1. The molecule has 0 aliphatic heterocycles. The lowest BCUT2D eigenvalue weighted by atomic mass is 10.0. The summed E-state index contributed by atoms with van der Waals surface area (Å²) in [6.07, 6.45) is 0. The van der Waals surface area contributed by atoms with E-state index in [2.05, 4.69) is 68.3 Å². The molecule has 0 atom stereocenters. The van der Waals surface area contributed by atoms with E-state index in [0.29, 0.717) is 5.82 Å². The van der Waals surface area contributed by atoms with E-state index in [1.54, 1.807) is 4.68 Å². The van der Waals surface area contributed by atoms with Gasteiger partial charge in [-0.2, -0.15) is 4.68 Å². The normalized spacial score (nSPS) is 10.9. The summed E-state index contributed by atoms with van der Waals surface area (Å²) in [6.45, 7) is 8.31. The Morgan fingerprint density at radius 3 is 2.32 bits per heavy atom. The average molecular weight is 292 g/mol. The first-order valence-electron chi connectivity index (χ1n) is 7.34. The van der Waals surface area contributed by atoms with Crippen LogP contribution in [0.3, 0.4) is 0 Å². The molecule has 0 aliphatic carbocycles. The van der Waals surface area contributed by atoms with Crippen molar-refractivity contribution in [2.45, 2.75) is 27.7 Å². The number of anilines is 1. The van der Waals surface area contributed by atoms with Gasteiger partial charge in [0, 0.05) is 5.56 Å². The van der Waals surface area contributed by atoms with Crippen molar-refractivity contribution in [3.05, 3.63) is 58.7 Å². The van der Waals surface area contributed by atoms with Gasteiger partial charge in [-0.25, -0.2) is 0 Å². The maximum Gasteiger partial charge on any atom is 0.155 e. The molecule has 1 aromatic heterocycles. The van der Waals surface area contributed by atoms with E-state index in [1.807, 2.05) is 6.07 Å². The summed E-state index contributed by atoms with van der Waals surface area (Å²) in [5.41, 5.74) is 13.8. The monoisotopic (exact) mass is 292 g/mol. The van der Waals surface area contributed by atoms with Crippen LogP contribution in [0.5, 0.6) is 0 Å². The zero-order valence-corrected chi connectivity index (χ0v) is 13.4. The lowest BCUT2D eigenvalue weighted by molar-refractivity contribution is 0.809. The van der Waals surface area contributed by atoms with Gasteiger partial charge in [-0.05, 0) is 56.5 Å². The van der Waals surface area contributed by atoms with Gasteiger partial charge in [0.05, 0.1) is 5.69 Å². The molecular weight excluding hydrogens is 272 g/mol. The molecule has 0 bridgehead atoms. The van der Waals surface area contributed by atoms with Gasteiger partial charge in [-0.1, -0.05) is 35.0 Å². The lowest BCUT2D eigenvalue weighted by Gasteiger charge is -2.08. The van der Waals surface area contributed by atoms with E-state index >= 15 is 0 Å². The average Bonchev–Trinajstić information content (AvgIpc) is 2.84. The van der Waals surface area contributed by atoms with Gasteiger partial charge in [0.2, 0.25) is 0 Å². The number of hydrogen-bond acceptors (Lipinski definition) is 3. The van der Waals surface area contributed by atoms with E-state index in [4.69, 9.17) is 5.73 Å². The van der Waals surface area contributed by atoms with Gasteiger partial charge >= 0.3 is 0 Å². The second-order valence-electron chi connectivity index (χ2n) is 5.82. The Hall–Kier alpha value is -2.62. The molecule has 3 rings (SSSR count). The molecule has 0 saturated carbocycles. The summed E-state index contributed by atoms with van der Waals surface area (Å²) >= 11 is 0. The molecule has 0 fully saturated rings. The third-order valence-corrected chi connectivity index (χ3v) is 4.08. The van der Waals surface area contributed by atoms with E-state index < -0.39 is 0 Å². The first-order valence-corrected chi connectivity index (χ1v) is 7.34. The predicted molar refractivity (Wildman–Crippen MR) is 90.2 cm³/mol. The van der Waals surface area contributed by atoms with Crippen LogP contribution in [0, 0.1) is 27.7 Å². The van der Waals surface area contributed by atoms with Crippen molar-refractivity contribution >= 4 is 5.82 Å². The van der Waals surface area contributed by atoms with Crippen molar-refractivity contribution in [1.82, 2.24) is 15.0 Å². The highest BCUT2D eigenvalue weighted by molar-refractivity contribution is 5.73. The van der Waals surface area contributed by atoms with Gasteiger partial charge in [-0.3, -0.25) is 0 Å². The molecule has 4 nitrogen and oxygen atoms in total. The molecule has 22 heavy (non-hydrogen) atoms. The van der Waals surface area contributed by atoms with Gasteiger partial charge in [0.25, 0.3) is 0 Å². The predicted octanol–water partition coefficient (Wildman–Crippen LogP) is 3.75. The smallest absolute Gasteiger partial charge is 0.155 e. The second kappa shape index (κ2) is 5.30. The van der Waals surface area contributed by atoms with Crippen LogP contribution in [0.25, 0.3) is 16.9 Å². The largest absolute Gasteiger partial charge is 0.382 e. The Kier molecular flexibility index (Phi) is 3.45. The fourth-order valence-electron chi connectivity index (χ4n) is 2.61. The van der Waals surface area contributed by atoms with Gasteiger partial charge in [-0.15, -0.1) is 5.10 Å². The summed E-state index contributed by atoms with van der Waals surface area (Å²) in [5, 5.41) is 8.53. The Labute approximate surface area is 130 Å². The number of nitrogens with zero attached hydrogens (tertiary/aromatic N) is 3.